The molecule has 0 heterocycles. The van der Waals surface area contributed by atoms with E-state index in [0.717, 1.165) is 5.56 Å². The van der Waals surface area contributed by atoms with Crippen LogP contribution in [0.3, 0.4) is 0 Å². The van der Waals surface area contributed by atoms with Gasteiger partial charge in [-0.3, -0.25) is 4.79 Å². The number of amides is 1. The SMILES string of the molecule is N#C/C(=C/c1ccc(OCc2ccc(Cl)c(Cl)c2)cc1)C(=O)Nc1ccccc1F. The number of rotatable bonds is 6. The fourth-order valence-electron chi connectivity index (χ4n) is 2.52. The molecule has 3 aromatic rings. The number of hydrogen-bond acceptors (Lipinski definition) is 3. The zero-order valence-electron chi connectivity index (χ0n) is 15.5. The Balaban J connectivity index is 1.66. The van der Waals surface area contributed by atoms with Crippen LogP contribution in [0, 0.1) is 17.1 Å². The number of nitrogens with one attached hydrogen (secondary N) is 1. The molecule has 0 saturated carbocycles. The number of nitriles is 1. The average Bonchev–Trinajstić information content (AvgIpc) is 2.75. The molecule has 0 fully saturated rings. The van der Waals surface area contributed by atoms with Gasteiger partial charge in [0, 0.05) is 0 Å². The monoisotopic (exact) mass is 440 g/mol. The molecule has 1 amide bonds. The number of benzene rings is 3. The minimum atomic E-state index is -0.692. The van der Waals surface area contributed by atoms with Gasteiger partial charge in [-0.05, 0) is 53.6 Å². The molecule has 0 saturated heterocycles. The first-order valence-electron chi connectivity index (χ1n) is 8.81. The van der Waals surface area contributed by atoms with Gasteiger partial charge in [-0.25, -0.2) is 4.39 Å². The van der Waals surface area contributed by atoms with E-state index < -0.39 is 11.7 Å². The third-order valence-electron chi connectivity index (χ3n) is 4.07. The number of carbonyl (C=O) groups excluding carboxylic acids is 1. The summed E-state index contributed by atoms with van der Waals surface area (Å²) in [4.78, 5) is 12.3. The summed E-state index contributed by atoms with van der Waals surface area (Å²) in [6, 6.07) is 19.7. The summed E-state index contributed by atoms with van der Waals surface area (Å²) in [5.74, 6) is -0.665. The van der Waals surface area contributed by atoms with Crippen LogP contribution in [0.15, 0.2) is 72.3 Å². The van der Waals surface area contributed by atoms with Crippen LogP contribution in [-0.2, 0) is 11.4 Å². The fraction of sp³-hybridized carbons (Fsp3) is 0.0435. The topological polar surface area (TPSA) is 62.1 Å². The number of anilines is 1. The van der Waals surface area contributed by atoms with Crippen molar-refractivity contribution in [2.75, 3.05) is 5.32 Å². The third-order valence-corrected chi connectivity index (χ3v) is 4.81. The summed E-state index contributed by atoms with van der Waals surface area (Å²) in [7, 11) is 0. The Hall–Kier alpha value is -3.33. The first-order chi connectivity index (χ1) is 14.5. The van der Waals surface area contributed by atoms with Crippen molar-refractivity contribution in [1.29, 1.82) is 5.26 Å². The molecule has 3 aromatic carbocycles. The smallest absolute Gasteiger partial charge is 0.266 e. The van der Waals surface area contributed by atoms with E-state index in [4.69, 9.17) is 27.9 Å². The van der Waals surface area contributed by atoms with E-state index in [1.54, 1.807) is 42.5 Å². The van der Waals surface area contributed by atoms with Crippen molar-refractivity contribution >= 4 is 40.9 Å². The molecule has 0 unspecified atom stereocenters. The summed E-state index contributed by atoms with van der Waals surface area (Å²) in [5, 5.41) is 12.6. The van der Waals surface area contributed by atoms with E-state index >= 15 is 0 Å². The Morgan fingerprint density at radius 1 is 1.07 bits per heavy atom. The normalized spacial score (nSPS) is 10.9. The van der Waals surface area contributed by atoms with Crippen LogP contribution < -0.4 is 10.1 Å². The van der Waals surface area contributed by atoms with Crippen molar-refractivity contribution in [1.82, 2.24) is 0 Å². The van der Waals surface area contributed by atoms with Gasteiger partial charge in [-0.15, -0.1) is 0 Å². The number of para-hydroxylation sites is 1. The third kappa shape index (κ3) is 5.60. The predicted molar refractivity (Wildman–Crippen MR) is 116 cm³/mol. The first kappa shape index (κ1) is 21.4. The highest BCUT2D eigenvalue weighted by Crippen LogP contribution is 2.24. The van der Waals surface area contributed by atoms with E-state index in [1.807, 2.05) is 12.1 Å². The second-order valence-corrected chi connectivity index (χ2v) is 7.02. The van der Waals surface area contributed by atoms with Gasteiger partial charge >= 0.3 is 0 Å². The average molecular weight is 441 g/mol. The van der Waals surface area contributed by atoms with Crippen LogP contribution in [0.1, 0.15) is 11.1 Å². The molecular formula is C23H15Cl2FN2O2. The molecule has 150 valence electrons. The van der Waals surface area contributed by atoms with Crippen molar-refractivity contribution in [3.8, 4) is 11.8 Å². The van der Waals surface area contributed by atoms with Crippen molar-refractivity contribution in [3.05, 3.63) is 99.3 Å². The highest BCUT2D eigenvalue weighted by atomic mass is 35.5. The van der Waals surface area contributed by atoms with Gasteiger partial charge in [0.1, 0.15) is 29.8 Å². The summed E-state index contributed by atoms with van der Waals surface area (Å²) in [5.41, 5.74) is 1.35. The molecule has 4 nitrogen and oxygen atoms in total. The molecular weight excluding hydrogens is 426 g/mol. The molecule has 0 spiro atoms. The largest absolute Gasteiger partial charge is 0.489 e. The van der Waals surface area contributed by atoms with E-state index in [9.17, 15) is 14.4 Å². The van der Waals surface area contributed by atoms with E-state index in [-0.39, 0.29) is 11.3 Å². The molecule has 0 aliphatic heterocycles. The Kier molecular flexibility index (Phi) is 7.08. The highest BCUT2D eigenvalue weighted by Gasteiger charge is 2.11. The molecule has 7 heteroatoms. The maximum Gasteiger partial charge on any atom is 0.266 e. The van der Waals surface area contributed by atoms with Crippen molar-refractivity contribution in [2.45, 2.75) is 6.61 Å². The molecule has 0 radical (unpaired) electrons. The maximum absolute atomic E-state index is 13.7. The van der Waals surface area contributed by atoms with Gasteiger partial charge in [-0.2, -0.15) is 5.26 Å². The van der Waals surface area contributed by atoms with Crippen LogP contribution in [0.2, 0.25) is 10.0 Å². The lowest BCUT2D eigenvalue weighted by molar-refractivity contribution is -0.112. The van der Waals surface area contributed by atoms with Crippen molar-refractivity contribution in [2.24, 2.45) is 0 Å². The number of hydrogen-bond donors (Lipinski definition) is 1. The highest BCUT2D eigenvalue weighted by molar-refractivity contribution is 6.42. The number of halogens is 3. The summed E-state index contributed by atoms with van der Waals surface area (Å²) in [6.07, 6.45) is 1.42. The minimum absolute atomic E-state index is 0.00898. The Labute approximate surface area is 183 Å². The number of ether oxygens (including phenoxy) is 1. The molecule has 0 aromatic heterocycles. The molecule has 0 bridgehead atoms. The Morgan fingerprint density at radius 2 is 1.80 bits per heavy atom. The lowest BCUT2D eigenvalue weighted by Gasteiger charge is -2.08. The summed E-state index contributed by atoms with van der Waals surface area (Å²) in [6.45, 7) is 0.306. The second kappa shape index (κ2) is 9.93. The van der Waals surface area contributed by atoms with Gasteiger partial charge in [0.15, 0.2) is 0 Å². The lowest BCUT2D eigenvalue weighted by Crippen LogP contribution is -2.14. The fourth-order valence-corrected chi connectivity index (χ4v) is 2.84. The first-order valence-corrected chi connectivity index (χ1v) is 9.56. The molecule has 0 atom stereocenters. The number of nitrogens with zero attached hydrogens (tertiary/aromatic N) is 1. The zero-order valence-corrected chi connectivity index (χ0v) is 17.0. The van der Waals surface area contributed by atoms with Gasteiger partial charge < -0.3 is 10.1 Å². The molecule has 0 aliphatic rings. The zero-order chi connectivity index (χ0) is 21.5. The quantitative estimate of drug-likeness (QED) is 0.363. The van der Waals surface area contributed by atoms with Crippen molar-refractivity contribution < 1.29 is 13.9 Å². The van der Waals surface area contributed by atoms with Crippen LogP contribution in [0.25, 0.3) is 6.08 Å². The molecule has 1 N–H and O–H groups in total. The van der Waals surface area contributed by atoms with Gasteiger partial charge in [-0.1, -0.05) is 53.5 Å². The second-order valence-electron chi connectivity index (χ2n) is 6.21. The van der Waals surface area contributed by atoms with Crippen molar-refractivity contribution in [3.63, 3.8) is 0 Å². The Morgan fingerprint density at radius 3 is 2.47 bits per heavy atom. The van der Waals surface area contributed by atoms with Gasteiger partial charge in [0.25, 0.3) is 5.91 Å². The van der Waals surface area contributed by atoms with Crippen LogP contribution in [0.5, 0.6) is 5.75 Å². The summed E-state index contributed by atoms with van der Waals surface area (Å²) >= 11 is 11.9. The molecule has 3 rings (SSSR count). The van der Waals surface area contributed by atoms with E-state index in [1.165, 1.54) is 24.3 Å². The van der Waals surface area contributed by atoms with Crippen LogP contribution in [-0.4, -0.2) is 5.91 Å². The molecule has 30 heavy (non-hydrogen) atoms. The predicted octanol–water partition coefficient (Wildman–Crippen LogP) is 6.26. The standard InChI is InChI=1S/C23H15Cl2FN2O2/c24-19-10-7-16(12-20(19)25)14-30-18-8-5-15(6-9-18)11-17(13-27)23(29)28-22-4-2-1-3-21(22)26/h1-12H,14H2,(H,28,29)/b17-11-. The van der Waals surface area contributed by atoms with Crippen LogP contribution in [0.4, 0.5) is 10.1 Å². The lowest BCUT2D eigenvalue weighted by atomic mass is 10.1. The van der Waals surface area contributed by atoms with E-state index in [0.29, 0.717) is 28.0 Å². The van der Waals surface area contributed by atoms with E-state index in [2.05, 4.69) is 5.32 Å². The van der Waals surface area contributed by atoms with Crippen LogP contribution >= 0.6 is 23.2 Å². The Bertz CT molecular complexity index is 1140. The van der Waals surface area contributed by atoms with Gasteiger partial charge in [0.2, 0.25) is 0 Å². The molecule has 0 aliphatic carbocycles. The number of carbonyl (C=O) groups is 1. The summed E-state index contributed by atoms with van der Waals surface area (Å²) < 4.78 is 19.4. The maximum atomic E-state index is 13.7. The minimum Gasteiger partial charge on any atom is -0.489 e. The van der Waals surface area contributed by atoms with Gasteiger partial charge in [0.05, 0.1) is 15.7 Å².